The minimum atomic E-state index is 1.31. The summed E-state index contributed by atoms with van der Waals surface area (Å²) in [5, 5.41) is 1.44. The van der Waals surface area contributed by atoms with Crippen LogP contribution in [-0.4, -0.2) is 3.30 Å². The second-order valence-corrected chi connectivity index (χ2v) is 7.57. The third-order valence-corrected chi connectivity index (χ3v) is 5.59. The highest BCUT2D eigenvalue weighted by atomic mass is 127. The van der Waals surface area contributed by atoms with Crippen molar-refractivity contribution < 1.29 is 0 Å². The van der Waals surface area contributed by atoms with E-state index in [2.05, 4.69) is 85.8 Å². The topological polar surface area (TPSA) is 0 Å². The van der Waals surface area contributed by atoms with Crippen molar-refractivity contribution in [3.8, 4) is 0 Å². The summed E-state index contributed by atoms with van der Waals surface area (Å²) in [5.74, 6) is 0. The molecule has 2 heteroatoms. The van der Waals surface area contributed by atoms with Gasteiger partial charge in [0.1, 0.15) is 0 Å². The fourth-order valence-corrected chi connectivity index (χ4v) is 4.13. The highest BCUT2D eigenvalue weighted by Crippen LogP contribution is 2.19. The van der Waals surface area contributed by atoms with E-state index >= 15 is 0 Å². The molecule has 0 aliphatic rings. The monoisotopic (exact) mass is 366 g/mol. The summed E-state index contributed by atoms with van der Waals surface area (Å²) in [6.45, 7) is 6.57. The molecule has 0 unspecified atom stereocenters. The van der Waals surface area contributed by atoms with E-state index in [0.717, 1.165) is 0 Å². The van der Waals surface area contributed by atoms with Crippen molar-refractivity contribution in [2.24, 2.45) is 0 Å². The molecule has 0 bridgehead atoms. The Morgan fingerprint density at radius 3 is 2.06 bits per heavy atom. The molecule has 0 nitrogen and oxygen atoms in total. The van der Waals surface area contributed by atoms with E-state index in [9.17, 15) is 0 Å². The van der Waals surface area contributed by atoms with E-state index in [1.54, 1.807) is 0 Å². The molecule has 0 N–H and O–H groups in total. The lowest BCUT2D eigenvalue weighted by molar-refractivity contribution is 1.36. The first-order valence-corrected chi connectivity index (χ1v) is 7.92. The molecule has 18 heavy (non-hydrogen) atoms. The van der Waals surface area contributed by atoms with E-state index < -0.39 is 0 Å². The quantitative estimate of drug-likeness (QED) is 0.529. The first-order chi connectivity index (χ1) is 8.58. The van der Waals surface area contributed by atoms with E-state index in [4.69, 9.17) is 0 Å². The van der Waals surface area contributed by atoms with Gasteiger partial charge in [-0.1, -0.05) is 56.2 Å². The summed E-state index contributed by atoms with van der Waals surface area (Å²) >= 11 is 2.46. The molecule has 0 aliphatic heterocycles. The maximum absolute atomic E-state index is 2.46. The Morgan fingerprint density at radius 2 is 1.50 bits per heavy atom. The first-order valence-electron chi connectivity index (χ1n) is 5.95. The zero-order chi connectivity index (χ0) is 13.1. The van der Waals surface area contributed by atoms with Gasteiger partial charge in [0, 0.05) is 8.60 Å². The number of benzene rings is 2. The van der Waals surface area contributed by atoms with E-state index in [-0.39, 0.29) is 0 Å². The summed E-state index contributed by atoms with van der Waals surface area (Å²) < 4.78 is 1.38. The summed E-state index contributed by atoms with van der Waals surface area (Å²) in [6, 6.07) is 15.1. The third-order valence-electron chi connectivity index (χ3n) is 2.86. The highest BCUT2D eigenvalue weighted by molar-refractivity contribution is 14.1. The van der Waals surface area contributed by atoms with Crippen LogP contribution in [0.25, 0.3) is 0 Å². The Balaban J connectivity index is 2.45. The average molecular weight is 366 g/mol. The van der Waals surface area contributed by atoms with Gasteiger partial charge in [-0.25, -0.2) is 0 Å². The molecule has 0 aromatic heterocycles. The minimum Gasteiger partial charge on any atom is -0.0622 e. The van der Waals surface area contributed by atoms with Crippen molar-refractivity contribution in [3.05, 3.63) is 64.7 Å². The van der Waals surface area contributed by atoms with Crippen LogP contribution in [0, 0.1) is 20.8 Å². The van der Waals surface area contributed by atoms with Crippen LogP contribution in [0.15, 0.2) is 42.5 Å². The molecule has 0 saturated carbocycles. The predicted octanol–water partition coefficient (Wildman–Crippen LogP) is 4.80. The molecule has 2 aromatic carbocycles. The van der Waals surface area contributed by atoms with E-state index in [0.29, 0.717) is 0 Å². The van der Waals surface area contributed by atoms with Crippen LogP contribution in [0.3, 0.4) is 0 Å². The van der Waals surface area contributed by atoms with Gasteiger partial charge in [-0.2, -0.15) is 0 Å². The molecule has 0 fully saturated rings. The van der Waals surface area contributed by atoms with Gasteiger partial charge in [-0.15, -0.1) is 0 Å². The maximum Gasteiger partial charge on any atom is 0.0481 e. The summed E-state index contributed by atoms with van der Waals surface area (Å²) in [7, 11) is 1.31. The Hall–Kier alpha value is -0.660. The van der Waals surface area contributed by atoms with Crippen molar-refractivity contribution in [1.29, 1.82) is 0 Å². The van der Waals surface area contributed by atoms with Crippen LogP contribution in [0.5, 0.6) is 0 Å². The molecule has 0 atom stereocenters. The van der Waals surface area contributed by atoms with Crippen LogP contribution in [0.4, 0.5) is 0 Å². The molecule has 0 radical (unpaired) electrons. The fourth-order valence-electron chi connectivity index (χ4n) is 2.09. The first kappa shape index (κ1) is 13.8. The Labute approximate surface area is 124 Å². The van der Waals surface area contributed by atoms with Crippen LogP contribution in [0.2, 0.25) is 0 Å². The van der Waals surface area contributed by atoms with Crippen LogP contribution in [0.1, 0.15) is 22.3 Å². The molecule has 0 aliphatic carbocycles. The van der Waals surface area contributed by atoms with Crippen molar-refractivity contribution in [1.82, 2.24) is 0 Å². The van der Waals surface area contributed by atoms with Gasteiger partial charge in [0.25, 0.3) is 0 Å². The molecule has 2 rings (SSSR count). The zero-order valence-corrected chi connectivity index (χ0v) is 13.9. The molecule has 2 aromatic rings. The second kappa shape index (κ2) is 5.99. The summed E-state index contributed by atoms with van der Waals surface area (Å²) in [5.41, 5.74) is 5.44. The smallest absolute Gasteiger partial charge is 0.0481 e. The number of hydrogen-bond acceptors (Lipinski definition) is 0. The SMILES string of the molecule is Cc1cc(C)c(P=C(I)c2ccccc2)c(C)c1. The number of aryl methyl sites for hydroxylation is 3. The number of hydrogen-bond donors (Lipinski definition) is 0. The van der Waals surface area contributed by atoms with Crippen molar-refractivity contribution in [2.45, 2.75) is 20.8 Å². The fraction of sp³-hybridized carbons (Fsp3) is 0.188. The summed E-state index contributed by atoms with van der Waals surface area (Å²) in [6.07, 6.45) is 0. The van der Waals surface area contributed by atoms with Gasteiger partial charge >= 0.3 is 0 Å². The molecule has 0 heterocycles. The van der Waals surface area contributed by atoms with Crippen LogP contribution in [-0.2, 0) is 0 Å². The van der Waals surface area contributed by atoms with Gasteiger partial charge < -0.3 is 0 Å². The molecule has 92 valence electrons. The van der Waals surface area contributed by atoms with Crippen LogP contribution >= 0.6 is 30.8 Å². The van der Waals surface area contributed by atoms with Crippen molar-refractivity contribution in [2.75, 3.05) is 0 Å². The normalized spacial score (nSPS) is 11.7. The third kappa shape index (κ3) is 3.21. The van der Waals surface area contributed by atoms with E-state index in [1.807, 2.05) is 0 Å². The predicted molar refractivity (Wildman–Crippen MR) is 91.8 cm³/mol. The maximum atomic E-state index is 2.46. The van der Waals surface area contributed by atoms with Crippen molar-refractivity contribution in [3.63, 3.8) is 0 Å². The largest absolute Gasteiger partial charge is 0.0622 e. The lowest BCUT2D eigenvalue weighted by atomic mass is 10.1. The number of halogens is 1. The molecular weight excluding hydrogens is 350 g/mol. The molecule has 0 spiro atoms. The van der Waals surface area contributed by atoms with Gasteiger partial charge in [0.2, 0.25) is 0 Å². The zero-order valence-electron chi connectivity index (χ0n) is 10.9. The van der Waals surface area contributed by atoms with Gasteiger partial charge in [0.15, 0.2) is 0 Å². The van der Waals surface area contributed by atoms with Crippen LogP contribution < -0.4 is 5.30 Å². The lowest BCUT2D eigenvalue weighted by Crippen LogP contribution is -2.05. The average Bonchev–Trinajstić information content (AvgIpc) is 2.34. The molecule has 0 amide bonds. The van der Waals surface area contributed by atoms with Gasteiger partial charge in [-0.3, -0.25) is 0 Å². The van der Waals surface area contributed by atoms with Gasteiger partial charge in [0.05, 0.1) is 0 Å². The van der Waals surface area contributed by atoms with E-state index in [1.165, 1.54) is 39.1 Å². The lowest BCUT2D eigenvalue weighted by Gasteiger charge is -2.08. The molecule has 0 saturated heterocycles. The Morgan fingerprint density at radius 1 is 0.944 bits per heavy atom. The second-order valence-electron chi connectivity index (χ2n) is 4.52. The Bertz CT molecular complexity index is 562. The van der Waals surface area contributed by atoms with Gasteiger partial charge in [-0.05, 0) is 60.1 Å². The highest BCUT2D eigenvalue weighted by Gasteiger charge is 2.04. The van der Waals surface area contributed by atoms with Crippen molar-refractivity contribution >= 4 is 39.4 Å². The number of rotatable bonds is 2. The molecular formula is C16H16IP. The Kier molecular flexibility index (Phi) is 4.58. The standard InChI is InChI=1S/C16H16IP/c1-11-9-12(2)15(13(3)10-11)18-16(17)14-7-5-4-6-8-14/h4-10H,1-3H3. The minimum absolute atomic E-state index is 1.31. The summed E-state index contributed by atoms with van der Waals surface area (Å²) in [4.78, 5) is 0.